The van der Waals surface area contributed by atoms with E-state index >= 15 is 0 Å². The highest BCUT2D eigenvalue weighted by Crippen LogP contribution is 2.22. The molecule has 0 aliphatic rings. The number of benzene rings is 1. The van der Waals surface area contributed by atoms with Gasteiger partial charge in [-0.1, -0.05) is 51.9 Å². The fourth-order valence-corrected chi connectivity index (χ4v) is 3.84. The molecule has 0 radical (unpaired) electrons. The number of hydrogen-bond donors (Lipinski definition) is 1. The van der Waals surface area contributed by atoms with Crippen molar-refractivity contribution in [2.45, 2.75) is 63.2 Å². The van der Waals surface area contributed by atoms with Crippen LogP contribution in [0.1, 0.15) is 58.3 Å². The van der Waals surface area contributed by atoms with Crippen LogP contribution >= 0.6 is 0 Å². The van der Waals surface area contributed by atoms with E-state index in [1.165, 1.54) is 37.8 Å². The van der Waals surface area contributed by atoms with E-state index in [0.717, 1.165) is 25.3 Å². The van der Waals surface area contributed by atoms with Crippen LogP contribution in [-0.4, -0.2) is 14.2 Å². The largest absolute Gasteiger partial charge is 0.398 e. The monoisotopic (exact) mass is 315 g/mol. The standard InChI is InChI=1S/C16H26FNO2S/c1-2-3-4-5-6-7-8-9-12-21(19,20)16-13-14(17)10-11-15(16)18/h10-11,13H,2-9,12,18H2,1H3. The van der Waals surface area contributed by atoms with E-state index in [9.17, 15) is 12.8 Å². The minimum atomic E-state index is -3.48. The summed E-state index contributed by atoms with van der Waals surface area (Å²) in [5.41, 5.74) is 5.75. The van der Waals surface area contributed by atoms with Gasteiger partial charge in [0.25, 0.3) is 0 Å². The number of unbranched alkanes of at least 4 members (excludes halogenated alkanes) is 7. The van der Waals surface area contributed by atoms with Crippen molar-refractivity contribution in [3.05, 3.63) is 24.0 Å². The molecule has 120 valence electrons. The highest BCUT2D eigenvalue weighted by atomic mass is 32.2. The van der Waals surface area contributed by atoms with Gasteiger partial charge in [-0.25, -0.2) is 12.8 Å². The van der Waals surface area contributed by atoms with Crippen LogP contribution in [0.25, 0.3) is 0 Å². The van der Waals surface area contributed by atoms with Gasteiger partial charge in [0.15, 0.2) is 9.84 Å². The molecule has 0 aliphatic carbocycles. The predicted molar refractivity (Wildman–Crippen MR) is 85.5 cm³/mol. The summed E-state index contributed by atoms with van der Waals surface area (Å²) >= 11 is 0. The molecule has 2 N–H and O–H groups in total. The lowest BCUT2D eigenvalue weighted by molar-refractivity contribution is 0.571. The second kappa shape index (κ2) is 9.03. The Bertz CT molecular complexity index is 529. The lowest BCUT2D eigenvalue weighted by Crippen LogP contribution is -2.10. The maximum absolute atomic E-state index is 13.1. The summed E-state index contributed by atoms with van der Waals surface area (Å²) in [6.07, 6.45) is 8.68. The van der Waals surface area contributed by atoms with Gasteiger partial charge >= 0.3 is 0 Å². The van der Waals surface area contributed by atoms with E-state index in [4.69, 9.17) is 5.73 Å². The number of halogens is 1. The Morgan fingerprint density at radius 2 is 1.57 bits per heavy atom. The molecule has 0 unspecified atom stereocenters. The average Bonchev–Trinajstić information content (AvgIpc) is 2.44. The van der Waals surface area contributed by atoms with E-state index in [1.807, 2.05) is 0 Å². The van der Waals surface area contributed by atoms with Gasteiger partial charge in [0.1, 0.15) is 5.82 Å². The summed E-state index contributed by atoms with van der Waals surface area (Å²) < 4.78 is 37.4. The number of sulfone groups is 1. The van der Waals surface area contributed by atoms with E-state index in [-0.39, 0.29) is 16.3 Å². The summed E-state index contributed by atoms with van der Waals surface area (Å²) in [6.45, 7) is 2.18. The first kappa shape index (κ1) is 18.0. The van der Waals surface area contributed by atoms with Crippen LogP contribution in [0.5, 0.6) is 0 Å². The molecule has 0 amide bonds. The summed E-state index contributed by atoms with van der Waals surface area (Å²) in [7, 11) is -3.48. The molecule has 0 fully saturated rings. The van der Waals surface area contributed by atoms with Gasteiger partial charge < -0.3 is 5.73 Å². The highest BCUT2D eigenvalue weighted by Gasteiger charge is 2.17. The Kier molecular flexibility index (Phi) is 7.72. The lowest BCUT2D eigenvalue weighted by Gasteiger charge is -2.07. The van der Waals surface area contributed by atoms with Crippen LogP contribution in [0.4, 0.5) is 10.1 Å². The summed E-state index contributed by atoms with van der Waals surface area (Å²) in [6, 6.07) is 3.48. The number of anilines is 1. The number of hydrogen-bond acceptors (Lipinski definition) is 3. The number of rotatable bonds is 10. The average molecular weight is 315 g/mol. The van der Waals surface area contributed by atoms with Crippen LogP contribution in [-0.2, 0) is 9.84 Å². The minimum Gasteiger partial charge on any atom is -0.398 e. The van der Waals surface area contributed by atoms with Crippen molar-refractivity contribution in [2.75, 3.05) is 11.5 Å². The lowest BCUT2D eigenvalue weighted by atomic mass is 10.1. The smallest absolute Gasteiger partial charge is 0.180 e. The summed E-state index contributed by atoms with van der Waals surface area (Å²) in [4.78, 5) is -0.0783. The van der Waals surface area contributed by atoms with Crippen molar-refractivity contribution in [3.8, 4) is 0 Å². The number of nitrogen functional groups attached to an aromatic ring is 1. The Morgan fingerprint density at radius 3 is 2.19 bits per heavy atom. The van der Waals surface area contributed by atoms with Gasteiger partial charge in [0.05, 0.1) is 16.3 Å². The van der Waals surface area contributed by atoms with Crippen LogP contribution in [0.15, 0.2) is 23.1 Å². The zero-order valence-electron chi connectivity index (χ0n) is 12.8. The molecule has 0 heterocycles. The molecule has 0 aliphatic heterocycles. The first-order valence-corrected chi connectivity index (χ1v) is 9.40. The molecule has 0 spiro atoms. The first-order valence-electron chi connectivity index (χ1n) is 7.75. The predicted octanol–water partition coefficient (Wildman–Crippen LogP) is 4.32. The van der Waals surface area contributed by atoms with Crippen molar-refractivity contribution in [3.63, 3.8) is 0 Å². The molecule has 1 rings (SSSR count). The van der Waals surface area contributed by atoms with E-state index in [2.05, 4.69) is 6.92 Å². The van der Waals surface area contributed by atoms with Gasteiger partial charge in [-0.05, 0) is 24.6 Å². The van der Waals surface area contributed by atoms with Gasteiger partial charge in [0.2, 0.25) is 0 Å². The molecule has 0 saturated carbocycles. The van der Waals surface area contributed by atoms with Crippen LogP contribution in [0.2, 0.25) is 0 Å². The van der Waals surface area contributed by atoms with Crippen LogP contribution in [0, 0.1) is 5.82 Å². The topological polar surface area (TPSA) is 60.2 Å². The zero-order valence-corrected chi connectivity index (χ0v) is 13.6. The van der Waals surface area contributed by atoms with Crippen molar-refractivity contribution >= 4 is 15.5 Å². The zero-order chi connectivity index (χ0) is 15.7. The first-order chi connectivity index (χ1) is 9.97. The molecule has 1 aromatic carbocycles. The van der Waals surface area contributed by atoms with Crippen LogP contribution in [0.3, 0.4) is 0 Å². The molecule has 1 aromatic rings. The molecule has 5 heteroatoms. The Hall–Kier alpha value is -1.10. The second-order valence-corrected chi connectivity index (χ2v) is 7.55. The second-order valence-electron chi connectivity index (χ2n) is 5.48. The number of nitrogens with two attached hydrogens (primary N) is 1. The normalized spacial score (nSPS) is 11.7. The SMILES string of the molecule is CCCCCCCCCCS(=O)(=O)c1cc(F)ccc1N. The molecule has 0 saturated heterocycles. The fourth-order valence-electron chi connectivity index (χ4n) is 2.31. The quantitative estimate of drug-likeness (QED) is 0.516. The molecular formula is C16H26FNO2S. The summed E-state index contributed by atoms with van der Waals surface area (Å²) in [5.74, 6) is -0.533. The molecular weight excluding hydrogens is 289 g/mol. The molecule has 3 nitrogen and oxygen atoms in total. The third kappa shape index (κ3) is 6.46. The Labute approximate surface area is 127 Å². The summed E-state index contributed by atoms with van der Waals surface area (Å²) in [5, 5.41) is 0. The van der Waals surface area contributed by atoms with Crippen molar-refractivity contribution in [1.29, 1.82) is 0 Å². The van der Waals surface area contributed by atoms with Gasteiger partial charge in [-0.2, -0.15) is 0 Å². The molecule has 0 aromatic heterocycles. The molecule has 0 bridgehead atoms. The fraction of sp³-hybridized carbons (Fsp3) is 0.625. The van der Waals surface area contributed by atoms with Crippen molar-refractivity contribution < 1.29 is 12.8 Å². The van der Waals surface area contributed by atoms with Gasteiger partial charge in [-0.15, -0.1) is 0 Å². The van der Waals surface area contributed by atoms with Gasteiger partial charge in [-0.3, -0.25) is 0 Å². The minimum absolute atomic E-state index is 0.0373. The third-order valence-electron chi connectivity index (χ3n) is 3.58. The van der Waals surface area contributed by atoms with E-state index in [1.54, 1.807) is 0 Å². The Balaban J connectivity index is 2.35. The molecule has 0 atom stereocenters. The van der Waals surface area contributed by atoms with Crippen LogP contribution < -0.4 is 5.73 Å². The van der Waals surface area contributed by atoms with E-state index in [0.29, 0.717) is 6.42 Å². The van der Waals surface area contributed by atoms with Gasteiger partial charge in [0, 0.05) is 0 Å². The highest BCUT2D eigenvalue weighted by molar-refractivity contribution is 7.91. The van der Waals surface area contributed by atoms with Crippen molar-refractivity contribution in [2.24, 2.45) is 0 Å². The molecule has 21 heavy (non-hydrogen) atoms. The maximum atomic E-state index is 13.1. The maximum Gasteiger partial charge on any atom is 0.180 e. The van der Waals surface area contributed by atoms with Crippen molar-refractivity contribution in [1.82, 2.24) is 0 Å². The Morgan fingerprint density at radius 1 is 1.00 bits per heavy atom. The van der Waals surface area contributed by atoms with E-state index < -0.39 is 15.7 Å². The third-order valence-corrected chi connectivity index (χ3v) is 5.43.